The summed E-state index contributed by atoms with van der Waals surface area (Å²) in [6, 6.07) is 0.302. The van der Waals surface area contributed by atoms with E-state index in [1.807, 2.05) is 18.7 Å². The molecular weight excluding hydrogens is 252 g/mol. The van der Waals surface area contributed by atoms with Gasteiger partial charge in [0.05, 0.1) is 10.9 Å². The summed E-state index contributed by atoms with van der Waals surface area (Å²) in [5.74, 6) is 0.801. The molecule has 1 saturated carbocycles. The third-order valence-corrected chi connectivity index (χ3v) is 4.84. The van der Waals surface area contributed by atoms with E-state index >= 15 is 0 Å². The zero-order valence-electron chi connectivity index (χ0n) is 10.6. The fourth-order valence-electron chi connectivity index (χ4n) is 2.30. The van der Waals surface area contributed by atoms with Crippen molar-refractivity contribution in [2.24, 2.45) is 11.7 Å². The molecular formula is C12H22N2OS2. The van der Waals surface area contributed by atoms with Gasteiger partial charge in [-0.3, -0.25) is 4.79 Å². The number of carbonyl (C=O) groups excluding carboxylic acids is 1. The number of amides is 1. The average molecular weight is 274 g/mol. The molecule has 0 saturated heterocycles. The summed E-state index contributed by atoms with van der Waals surface area (Å²) in [7, 11) is 0. The number of nitrogens with one attached hydrogen (secondary N) is 1. The van der Waals surface area contributed by atoms with Crippen LogP contribution in [0.2, 0.25) is 0 Å². The van der Waals surface area contributed by atoms with E-state index in [9.17, 15) is 4.79 Å². The maximum atomic E-state index is 12.0. The normalized spacial score (nSPS) is 25.5. The minimum atomic E-state index is -0.308. The van der Waals surface area contributed by atoms with E-state index in [1.54, 1.807) is 0 Å². The van der Waals surface area contributed by atoms with Crippen LogP contribution in [0.15, 0.2) is 0 Å². The van der Waals surface area contributed by atoms with Crippen molar-refractivity contribution in [3.8, 4) is 0 Å². The molecule has 17 heavy (non-hydrogen) atoms. The summed E-state index contributed by atoms with van der Waals surface area (Å²) in [6.45, 7) is 4.10. The molecule has 1 aliphatic rings. The Hall–Kier alpha value is -0.290. The average Bonchev–Trinajstić information content (AvgIpc) is 2.66. The Labute approximate surface area is 113 Å². The highest BCUT2D eigenvalue weighted by Gasteiger charge is 2.30. The van der Waals surface area contributed by atoms with Crippen molar-refractivity contribution in [1.82, 2.24) is 5.32 Å². The fourth-order valence-corrected chi connectivity index (χ4v) is 3.78. The molecule has 5 heteroatoms. The van der Waals surface area contributed by atoms with Gasteiger partial charge in [0.15, 0.2) is 0 Å². The van der Waals surface area contributed by atoms with Gasteiger partial charge >= 0.3 is 0 Å². The van der Waals surface area contributed by atoms with Crippen molar-refractivity contribution in [3.05, 3.63) is 0 Å². The third-order valence-electron chi connectivity index (χ3n) is 3.23. The van der Waals surface area contributed by atoms with E-state index in [0.29, 0.717) is 22.7 Å². The summed E-state index contributed by atoms with van der Waals surface area (Å²) in [4.78, 5) is 12.3. The first kappa shape index (κ1) is 14.8. The van der Waals surface area contributed by atoms with Crippen molar-refractivity contribution < 1.29 is 4.79 Å². The Balaban J connectivity index is 2.52. The number of thiocarbonyl (C=S) groups is 1. The van der Waals surface area contributed by atoms with Gasteiger partial charge in [-0.2, -0.15) is 11.8 Å². The molecule has 1 fully saturated rings. The quantitative estimate of drug-likeness (QED) is 0.728. The van der Waals surface area contributed by atoms with E-state index in [1.165, 1.54) is 12.8 Å². The van der Waals surface area contributed by atoms with Crippen molar-refractivity contribution >= 4 is 34.9 Å². The van der Waals surface area contributed by atoms with Gasteiger partial charge in [-0.1, -0.05) is 32.5 Å². The molecule has 0 heterocycles. The first-order chi connectivity index (χ1) is 8.10. The second-order valence-corrected chi connectivity index (χ2v) is 6.39. The highest BCUT2D eigenvalue weighted by molar-refractivity contribution is 7.99. The maximum Gasteiger partial charge on any atom is 0.230 e. The lowest BCUT2D eigenvalue weighted by atomic mass is 10.1. The topological polar surface area (TPSA) is 55.1 Å². The molecule has 0 aliphatic heterocycles. The molecule has 0 aromatic carbocycles. The molecule has 3 unspecified atom stereocenters. The van der Waals surface area contributed by atoms with Gasteiger partial charge in [0.2, 0.25) is 5.91 Å². The number of hydrogen-bond acceptors (Lipinski definition) is 3. The minimum Gasteiger partial charge on any atom is -0.393 e. The smallest absolute Gasteiger partial charge is 0.230 e. The SMILES string of the molecule is CCSC1CCCC1NC(=O)C(CC)C(N)=S. The molecule has 0 spiro atoms. The minimum absolute atomic E-state index is 0.00797. The van der Waals surface area contributed by atoms with Crippen LogP contribution < -0.4 is 11.1 Å². The van der Waals surface area contributed by atoms with Gasteiger partial charge in [0, 0.05) is 11.3 Å². The van der Waals surface area contributed by atoms with Gasteiger partial charge < -0.3 is 11.1 Å². The lowest BCUT2D eigenvalue weighted by Crippen LogP contribution is -2.45. The molecule has 3 N–H and O–H groups in total. The second-order valence-electron chi connectivity index (χ2n) is 4.40. The molecule has 3 atom stereocenters. The number of hydrogen-bond donors (Lipinski definition) is 2. The van der Waals surface area contributed by atoms with Crippen LogP contribution in [-0.4, -0.2) is 27.9 Å². The molecule has 1 rings (SSSR count). The van der Waals surface area contributed by atoms with Crippen LogP contribution in [-0.2, 0) is 4.79 Å². The summed E-state index contributed by atoms with van der Waals surface area (Å²) in [6.07, 6.45) is 4.16. The third kappa shape index (κ3) is 4.14. The summed E-state index contributed by atoms with van der Waals surface area (Å²) in [5.41, 5.74) is 5.58. The van der Waals surface area contributed by atoms with E-state index < -0.39 is 0 Å². The molecule has 0 aromatic heterocycles. The van der Waals surface area contributed by atoms with E-state index in [2.05, 4.69) is 12.2 Å². The molecule has 3 nitrogen and oxygen atoms in total. The zero-order valence-corrected chi connectivity index (χ0v) is 12.2. The van der Waals surface area contributed by atoms with Crippen LogP contribution >= 0.6 is 24.0 Å². The van der Waals surface area contributed by atoms with Crippen LogP contribution in [0.25, 0.3) is 0 Å². The number of carbonyl (C=O) groups is 1. The van der Waals surface area contributed by atoms with Crippen LogP contribution in [0, 0.1) is 5.92 Å². The van der Waals surface area contributed by atoms with Gasteiger partial charge in [-0.25, -0.2) is 0 Å². The summed E-state index contributed by atoms with van der Waals surface area (Å²) in [5, 5.41) is 3.68. The molecule has 0 bridgehead atoms. The van der Waals surface area contributed by atoms with E-state index in [0.717, 1.165) is 12.2 Å². The summed E-state index contributed by atoms with van der Waals surface area (Å²) >= 11 is 6.86. The Morgan fingerprint density at radius 2 is 2.24 bits per heavy atom. The molecule has 98 valence electrons. The van der Waals surface area contributed by atoms with Crippen molar-refractivity contribution in [1.29, 1.82) is 0 Å². The molecule has 1 aliphatic carbocycles. The standard InChI is InChI=1S/C12H22N2OS2/c1-3-8(11(13)16)12(15)14-9-6-5-7-10(9)17-4-2/h8-10H,3-7H2,1-2H3,(H2,13,16)(H,14,15). The first-order valence-corrected chi connectivity index (χ1v) is 7.77. The predicted octanol–water partition coefficient (Wildman–Crippen LogP) is 2.09. The van der Waals surface area contributed by atoms with Crippen molar-refractivity contribution in [2.45, 2.75) is 50.8 Å². The lowest BCUT2D eigenvalue weighted by molar-refractivity contribution is -0.123. The van der Waals surface area contributed by atoms with Gasteiger partial charge in [-0.05, 0) is 25.0 Å². The van der Waals surface area contributed by atoms with Crippen molar-refractivity contribution in [2.75, 3.05) is 5.75 Å². The van der Waals surface area contributed by atoms with E-state index in [4.69, 9.17) is 18.0 Å². The molecule has 0 aromatic rings. The second kappa shape index (κ2) is 7.21. The van der Waals surface area contributed by atoms with Crippen LogP contribution in [0.4, 0.5) is 0 Å². The number of nitrogens with two attached hydrogens (primary N) is 1. The highest BCUT2D eigenvalue weighted by Crippen LogP contribution is 2.30. The zero-order chi connectivity index (χ0) is 12.8. The van der Waals surface area contributed by atoms with Crippen LogP contribution in [0.1, 0.15) is 39.5 Å². The Morgan fingerprint density at radius 1 is 1.53 bits per heavy atom. The predicted molar refractivity (Wildman–Crippen MR) is 78.3 cm³/mol. The van der Waals surface area contributed by atoms with Crippen molar-refractivity contribution in [3.63, 3.8) is 0 Å². The van der Waals surface area contributed by atoms with Gasteiger partial charge in [-0.15, -0.1) is 0 Å². The first-order valence-electron chi connectivity index (χ1n) is 6.31. The Kier molecular flexibility index (Phi) is 6.27. The van der Waals surface area contributed by atoms with E-state index in [-0.39, 0.29) is 11.8 Å². The fraction of sp³-hybridized carbons (Fsp3) is 0.833. The highest BCUT2D eigenvalue weighted by atomic mass is 32.2. The monoisotopic (exact) mass is 274 g/mol. The molecule has 1 amide bonds. The largest absolute Gasteiger partial charge is 0.393 e. The number of thioether (sulfide) groups is 1. The Morgan fingerprint density at radius 3 is 2.76 bits per heavy atom. The van der Waals surface area contributed by atoms with Crippen LogP contribution in [0.5, 0.6) is 0 Å². The van der Waals surface area contributed by atoms with Gasteiger partial charge in [0.25, 0.3) is 0 Å². The Bertz CT molecular complexity index is 284. The lowest BCUT2D eigenvalue weighted by Gasteiger charge is -2.22. The van der Waals surface area contributed by atoms with Gasteiger partial charge in [0.1, 0.15) is 0 Å². The van der Waals surface area contributed by atoms with Crippen LogP contribution in [0.3, 0.4) is 0 Å². The number of rotatable bonds is 6. The molecule has 0 radical (unpaired) electrons. The maximum absolute atomic E-state index is 12.0. The summed E-state index contributed by atoms with van der Waals surface area (Å²) < 4.78 is 0.